The van der Waals surface area contributed by atoms with Gasteiger partial charge in [-0.15, -0.1) is 0 Å². The van der Waals surface area contributed by atoms with Gasteiger partial charge in [0, 0.05) is 24.0 Å². The van der Waals surface area contributed by atoms with Crippen LogP contribution in [0.1, 0.15) is 35.8 Å². The lowest BCUT2D eigenvalue weighted by atomic mass is 10.1. The van der Waals surface area contributed by atoms with E-state index in [-0.39, 0.29) is 12.0 Å². The topological polar surface area (TPSA) is 69.0 Å². The molecule has 0 bridgehead atoms. The van der Waals surface area contributed by atoms with Crippen molar-refractivity contribution in [2.75, 3.05) is 13.7 Å². The Balaban J connectivity index is 2.35. The molecule has 20 heavy (non-hydrogen) atoms. The maximum atomic E-state index is 11.7. The van der Waals surface area contributed by atoms with E-state index in [9.17, 15) is 4.79 Å². The van der Waals surface area contributed by atoms with Crippen molar-refractivity contribution in [1.82, 2.24) is 20.1 Å². The van der Waals surface area contributed by atoms with Gasteiger partial charge in [-0.3, -0.25) is 0 Å². The lowest BCUT2D eigenvalue weighted by molar-refractivity contribution is 0.0526. The van der Waals surface area contributed by atoms with Crippen LogP contribution in [0.2, 0.25) is 0 Å². The number of rotatable bonds is 5. The standard InChI is InChI=1S/C14H18N4O2/c1-4-20-14(19)11-8-17-18(9-11)13-12(10(2)15-3)6-5-7-16-13/h5-10,15H,4H2,1-3H3. The van der Waals surface area contributed by atoms with E-state index in [2.05, 4.69) is 15.4 Å². The van der Waals surface area contributed by atoms with Crippen LogP contribution in [0.3, 0.4) is 0 Å². The Bertz CT molecular complexity index is 594. The highest BCUT2D eigenvalue weighted by Gasteiger charge is 2.15. The number of pyridine rings is 1. The largest absolute Gasteiger partial charge is 0.462 e. The minimum atomic E-state index is -0.377. The lowest BCUT2D eigenvalue weighted by Crippen LogP contribution is -2.16. The van der Waals surface area contributed by atoms with Gasteiger partial charge in [0.1, 0.15) is 0 Å². The van der Waals surface area contributed by atoms with Crippen LogP contribution in [0.4, 0.5) is 0 Å². The van der Waals surface area contributed by atoms with Crippen molar-refractivity contribution in [3.05, 3.63) is 41.9 Å². The maximum absolute atomic E-state index is 11.7. The fourth-order valence-corrected chi connectivity index (χ4v) is 1.85. The average molecular weight is 274 g/mol. The Labute approximate surface area is 117 Å². The maximum Gasteiger partial charge on any atom is 0.341 e. The van der Waals surface area contributed by atoms with Crippen molar-refractivity contribution >= 4 is 5.97 Å². The SMILES string of the molecule is CCOC(=O)c1cnn(-c2ncccc2C(C)NC)c1. The molecule has 0 aromatic carbocycles. The zero-order chi connectivity index (χ0) is 14.5. The van der Waals surface area contributed by atoms with Crippen LogP contribution in [0, 0.1) is 0 Å². The summed E-state index contributed by atoms with van der Waals surface area (Å²) in [7, 11) is 1.88. The molecule has 0 spiro atoms. The normalized spacial score (nSPS) is 12.2. The second kappa shape index (κ2) is 6.29. The summed E-state index contributed by atoms with van der Waals surface area (Å²) in [6.07, 6.45) is 4.82. The van der Waals surface area contributed by atoms with Crippen LogP contribution in [0.15, 0.2) is 30.7 Å². The molecule has 6 nitrogen and oxygen atoms in total. The van der Waals surface area contributed by atoms with Crippen molar-refractivity contribution in [3.8, 4) is 5.82 Å². The third-order valence-corrected chi connectivity index (χ3v) is 3.03. The highest BCUT2D eigenvalue weighted by atomic mass is 16.5. The van der Waals surface area contributed by atoms with Crippen molar-refractivity contribution in [2.45, 2.75) is 19.9 Å². The number of aromatic nitrogens is 3. The Morgan fingerprint density at radius 2 is 2.35 bits per heavy atom. The highest BCUT2D eigenvalue weighted by molar-refractivity contribution is 5.88. The van der Waals surface area contributed by atoms with Crippen molar-refractivity contribution in [1.29, 1.82) is 0 Å². The molecule has 2 aromatic rings. The molecule has 2 heterocycles. The highest BCUT2D eigenvalue weighted by Crippen LogP contribution is 2.18. The molecule has 0 amide bonds. The van der Waals surface area contributed by atoms with Gasteiger partial charge in [0.25, 0.3) is 0 Å². The molecule has 2 aromatic heterocycles. The molecule has 1 unspecified atom stereocenters. The third kappa shape index (κ3) is 2.85. The Morgan fingerprint density at radius 1 is 1.55 bits per heavy atom. The molecule has 1 atom stereocenters. The number of nitrogens with one attached hydrogen (secondary N) is 1. The molecule has 0 aliphatic heterocycles. The molecule has 2 rings (SSSR count). The second-order valence-corrected chi connectivity index (χ2v) is 4.32. The van der Waals surface area contributed by atoms with Crippen LogP contribution < -0.4 is 5.32 Å². The monoisotopic (exact) mass is 274 g/mol. The molecule has 0 saturated heterocycles. The quantitative estimate of drug-likeness (QED) is 0.841. The van der Waals surface area contributed by atoms with Crippen molar-refractivity contribution in [2.24, 2.45) is 0 Å². The van der Waals surface area contributed by atoms with E-state index >= 15 is 0 Å². The Kier molecular flexibility index (Phi) is 4.47. The van der Waals surface area contributed by atoms with Crippen molar-refractivity contribution < 1.29 is 9.53 Å². The zero-order valence-corrected chi connectivity index (χ0v) is 11.8. The minimum absolute atomic E-state index is 0.133. The van der Waals surface area contributed by atoms with E-state index in [0.29, 0.717) is 18.0 Å². The molecule has 0 radical (unpaired) electrons. The fraction of sp³-hybridized carbons (Fsp3) is 0.357. The molecule has 0 saturated carbocycles. The predicted molar refractivity (Wildman–Crippen MR) is 74.8 cm³/mol. The molecule has 0 fully saturated rings. The van der Waals surface area contributed by atoms with E-state index in [1.807, 2.05) is 26.1 Å². The van der Waals surface area contributed by atoms with Gasteiger partial charge >= 0.3 is 5.97 Å². The summed E-state index contributed by atoms with van der Waals surface area (Å²) in [5.41, 5.74) is 1.43. The molecular formula is C14H18N4O2. The van der Waals surface area contributed by atoms with Gasteiger partial charge in [0.15, 0.2) is 5.82 Å². The first-order chi connectivity index (χ1) is 9.67. The van der Waals surface area contributed by atoms with Crippen LogP contribution in [0.5, 0.6) is 0 Å². The van der Waals surface area contributed by atoms with Crippen molar-refractivity contribution in [3.63, 3.8) is 0 Å². The summed E-state index contributed by atoms with van der Waals surface area (Å²) in [6.45, 7) is 4.15. The van der Waals surface area contributed by atoms with Gasteiger partial charge in [0.2, 0.25) is 0 Å². The third-order valence-electron chi connectivity index (χ3n) is 3.03. The van der Waals surface area contributed by atoms with E-state index in [1.165, 1.54) is 6.20 Å². The van der Waals surface area contributed by atoms with Gasteiger partial charge in [0.05, 0.1) is 18.4 Å². The summed E-state index contributed by atoms with van der Waals surface area (Å²) in [4.78, 5) is 16.0. The molecule has 1 N–H and O–H groups in total. The first kappa shape index (κ1) is 14.2. The summed E-state index contributed by atoms with van der Waals surface area (Å²) in [5, 5.41) is 7.36. The summed E-state index contributed by atoms with van der Waals surface area (Å²) >= 11 is 0. The second-order valence-electron chi connectivity index (χ2n) is 4.32. The van der Waals surface area contributed by atoms with Crippen LogP contribution in [0.25, 0.3) is 5.82 Å². The van der Waals surface area contributed by atoms with Gasteiger partial charge in [-0.05, 0) is 27.0 Å². The molecule has 6 heteroatoms. The molecule has 0 aliphatic carbocycles. The Morgan fingerprint density at radius 3 is 3.05 bits per heavy atom. The predicted octanol–water partition coefficient (Wildman–Crippen LogP) is 1.72. The van der Waals surface area contributed by atoms with E-state index in [4.69, 9.17) is 4.74 Å². The summed E-state index contributed by atoms with van der Waals surface area (Å²) in [6, 6.07) is 3.99. The first-order valence-corrected chi connectivity index (χ1v) is 6.51. The van der Waals surface area contributed by atoms with Gasteiger partial charge in [-0.25, -0.2) is 14.5 Å². The minimum Gasteiger partial charge on any atom is -0.462 e. The van der Waals surface area contributed by atoms with Gasteiger partial charge in [-0.2, -0.15) is 5.10 Å². The summed E-state index contributed by atoms with van der Waals surface area (Å²) in [5.74, 6) is 0.322. The fourth-order valence-electron chi connectivity index (χ4n) is 1.85. The number of hydrogen-bond donors (Lipinski definition) is 1. The number of nitrogens with zero attached hydrogens (tertiary/aromatic N) is 3. The van der Waals surface area contributed by atoms with Crippen LogP contribution >= 0.6 is 0 Å². The number of carbonyl (C=O) groups is 1. The number of hydrogen-bond acceptors (Lipinski definition) is 5. The number of esters is 1. The van der Waals surface area contributed by atoms with E-state index in [1.54, 1.807) is 24.0 Å². The molecule has 0 aliphatic rings. The van der Waals surface area contributed by atoms with Gasteiger partial charge < -0.3 is 10.1 Å². The number of ether oxygens (including phenoxy) is 1. The zero-order valence-electron chi connectivity index (χ0n) is 11.8. The van der Waals surface area contributed by atoms with Crippen LogP contribution in [-0.4, -0.2) is 34.4 Å². The number of carbonyl (C=O) groups excluding carboxylic acids is 1. The molecular weight excluding hydrogens is 256 g/mol. The first-order valence-electron chi connectivity index (χ1n) is 6.51. The van der Waals surface area contributed by atoms with E-state index < -0.39 is 0 Å². The van der Waals surface area contributed by atoms with Crippen LogP contribution in [-0.2, 0) is 4.74 Å². The Hall–Kier alpha value is -2.21. The molecule has 106 valence electrons. The van der Waals surface area contributed by atoms with E-state index in [0.717, 1.165) is 5.56 Å². The lowest BCUT2D eigenvalue weighted by Gasteiger charge is -2.14. The van der Waals surface area contributed by atoms with Gasteiger partial charge in [-0.1, -0.05) is 6.07 Å². The average Bonchev–Trinajstić information content (AvgIpc) is 2.96. The summed E-state index contributed by atoms with van der Waals surface area (Å²) < 4.78 is 6.54. The smallest absolute Gasteiger partial charge is 0.341 e.